The highest BCUT2D eigenvalue weighted by molar-refractivity contribution is 8.04. The van der Waals surface area contributed by atoms with Gasteiger partial charge in [0.25, 0.3) is 11.8 Å². The van der Waals surface area contributed by atoms with E-state index < -0.39 is 0 Å². The Balaban J connectivity index is 1.95. The minimum absolute atomic E-state index is 0.0532. The lowest BCUT2D eigenvalue weighted by molar-refractivity contribution is -0.114. The molecule has 2 aromatic rings. The van der Waals surface area contributed by atoms with E-state index in [9.17, 15) is 9.59 Å². The van der Waals surface area contributed by atoms with Crippen molar-refractivity contribution in [3.05, 3.63) is 63.5 Å². The van der Waals surface area contributed by atoms with Crippen LogP contribution >= 0.6 is 23.4 Å². The molecule has 0 aromatic heterocycles. The molecule has 1 heterocycles. The second kappa shape index (κ2) is 7.56. The summed E-state index contributed by atoms with van der Waals surface area (Å²) < 4.78 is 0. The van der Waals surface area contributed by atoms with Crippen LogP contribution in [-0.2, 0) is 4.79 Å². The standard InChI is InChI=1S/C20H19ClN2O2S/c1-12(2)22-19(24)14-8-9-17-16(10-14)23(3)20(25)18(26-17)11-13-6-4-5-7-15(13)21/h4-12H,1-3H3,(H,22,24)/b18-11-. The lowest BCUT2D eigenvalue weighted by atomic mass is 10.1. The summed E-state index contributed by atoms with van der Waals surface area (Å²) in [6.07, 6.45) is 1.80. The van der Waals surface area contributed by atoms with Gasteiger partial charge in [-0.25, -0.2) is 0 Å². The molecule has 0 spiro atoms. The molecule has 26 heavy (non-hydrogen) atoms. The molecule has 1 aliphatic heterocycles. The predicted octanol–water partition coefficient (Wildman–Crippen LogP) is 4.59. The highest BCUT2D eigenvalue weighted by Gasteiger charge is 2.27. The van der Waals surface area contributed by atoms with Gasteiger partial charge in [0.1, 0.15) is 0 Å². The quantitative estimate of drug-likeness (QED) is 0.785. The average molecular weight is 387 g/mol. The number of halogens is 1. The molecule has 0 fully saturated rings. The largest absolute Gasteiger partial charge is 0.350 e. The van der Waals surface area contributed by atoms with Crippen LogP contribution in [-0.4, -0.2) is 24.9 Å². The number of nitrogens with zero attached hydrogens (tertiary/aromatic N) is 1. The first-order chi connectivity index (χ1) is 12.4. The van der Waals surface area contributed by atoms with Crippen molar-refractivity contribution in [1.82, 2.24) is 5.32 Å². The molecule has 0 unspecified atom stereocenters. The zero-order chi connectivity index (χ0) is 18.8. The number of rotatable bonds is 3. The number of likely N-dealkylation sites (N-methyl/N-ethyl adjacent to an activating group) is 1. The number of carbonyl (C=O) groups is 2. The molecular weight excluding hydrogens is 368 g/mol. The number of hydrogen-bond acceptors (Lipinski definition) is 3. The molecule has 1 N–H and O–H groups in total. The number of benzene rings is 2. The minimum Gasteiger partial charge on any atom is -0.350 e. The molecule has 1 aliphatic rings. The number of hydrogen-bond donors (Lipinski definition) is 1. The average Bonchev–Trinajstić information content (AvgIpc) is 2.60. The Morgan fingerprint density at radius 3 is 2.65 bits per heavy atom. The van der Waals surface area contributed by atoms with E-state index in [0.717, 1.165) is 16.1 Å². The van der Waals surface area contributed by atoms with Crippen LogP contribution in [0.1, 0.15) is 29.8 Å². The SMILES string of the molecule is CC(C)NC(=O)c1ccc2c(c1)N(C)C(=O)/C(=C/c1ccccc1Cl)S2. The van der Waals surface area contributed by atoms with Gasteiger partial charge in [0, 0.05) is 28.6 Å². The normalized spacial score (nSPS) is 15.3. The third kappa shape index (κ3) is 3.79. The maximum absolute atomic E-state index is 12.8. The van der Waals surface area contributed by atoms with Gasteiger partial charge in [-0.15, -0.1) is 0 Å². The van der Waals surface area contributed by atoms with Crippen molar-refractivity contribution in [3.8, 4) is 0 Å². The fourth-order valence-electron chi connectivity index (χ4n) is 2.61. The van der Waals surface area contributed by atoms with Crippen molar-refractivity contribution in [3.63, 3.8) is 0 Å². The maximum atomic E-state index is 12.8. The van der Waals surface area contributed by atoms with Crippen molar-refractivity contribution in [2.24, 2.45) is 0 Å². The fraction of sp³-hybridized carbons (Fsp3) is 0.200. The smallest absolute Gasteiger partial charge is 0.264 e. The van der Waals surface area contributed by atoms with E-state index in [1.165, 1.54) is 11.8 Å². The van der Waals surface area contributed by atoms with E-state index in [1.807, 2.05) is 38.1 Å². The first-order valence-electron chi connectivity index (χ1n) is 8.24. The van der Waals surface area contributed by atoms with Gasteiger partial charge in [0.05, 0.1) is 10.6 Å². The molecule has 134 valence electrons. The Bertz CT molecular complexity index is 908. The van der Waals surface area contributed by atoms with Crippen molar-refractivity contribution in [2.45, 2.75) is 24.8 Å². The Hall–Kier alpha value is -2.24. The van der Waals surface area contributed by atoms with Crippen LogP contribution in [0.2, 0.25) is 5.02 Å². The van der Waals surface area contributed by atoms with Gasteiger partial charge in [-0.1, -0.05) is 41.6 Å². The van der Waals surface area contributed by atoms with Crippen LogP contribution in [0.3, 0.4) is 0 Å². The van der Waals surface area contributed by atoms with Crippen molar-refractivity contribution in [2.75, 3.05) is 11.9 Å². The van der Waals surface area contributed by atoms with Crippen LogP contribution in [0.4, 0.5) is 5.69 Å². The van der Waals surface area contributed by atoms with Gasteiger partial charge < -0.3 is 10.2 Å². The van der Waals surface area contributed by atoms with Crippen molar-refractivity contribution in [1.29, 1.82) is 0 Å². The van der Waals surface area contributed by atoms with E-state index in [-0.39, 0.29) is 17.9 Å². The van der Waals surface area contributed by atoms with Crippen LogP contribution in [0.5, 0.6) is 0 Å². The van der Waals surface area contributed by atoms with Crippen LogP contribution < -0.4 is 10.2 Å². The number of nitrogens with one attached hydrogen (secondary N) is 1. The molecule has 0 aliphatic carbocycles. The molecule has 0 atom stereocenters. The molecule has 3 rings (SSSR count). The summed E-state index contributed by atoms with van der Waals surface area (Å²) in [7, 11) is 1.71. The minimum atomic E-state index is -0.147. The van der Waals surface area contributed by atoms with Crippen molar-refractivity contribution < 1.29 is 9.59 Å². The Morgan fingerprint density at radius 2 is 1.96 bits per heavy atom. The van der Waals surface area contributed by atoms with Crippen LogP contribution in [0.15, 0.2) is 52.3 Å². The van der Waals surface area contributed by atoms with E-state index >= 15 is 0 Å². The Kier molecular flexibility index (Phi) is 5.39. The topological polar surface area (TPSA) is 49.4 Å². The third-order valence-corrected chi connectivity index (χ3v) is 5.35. The summed E-state index contributed by atoms with van der Waals surface area (Å²) in [6, 6.07) is 12.9. The molecule has 2 aromatic carbocycles. The molecule has 6 heteroatoms. The lowest BCUT2D eigenvalue weighted by Crippen LogP contribution is -2.32. The lowest BCUT2D eigenvalue weighted by Gasteiger charge is -2.27. The summed E-state index contributed by atoms with van der Waals surface area (Å²) in [6.45, 7) is 3.82. The number of carbonyl (C=O) groups excluding carboxylic acids is 2. The van der Waals surface area contributed by atoms with Gasteiger partial charge in [0.15, 0.2) is 0 Å². The summed E-state index contributed by atoms with van der Waals surface area (Å²) in [4.78, 5) is 28.1. The summed E-state index contributed by atoms with van der Waals surface area (Å²) >= 11 is 7.59. The molecule has 2 amide bonds. The molecule has 0 bridgehead atoms. The van der Waals surface area contributed by atoms with E-state index in [4.69, 9.17) is 11.6 Å². The third-order valence-electron chi connectivity index (χ3n) is 3.93. The molecule has 0 saturated heterocycles. The molecular formula is C20H19ClN2O2S. The highest BCUT2D eigenvalue weighted by Crippen LogP contribution is 2.42. The highest BCUT2D eigenvalue weighted by atomic mass is 35.5. The molecule has 0 saturated carbocycles. The predicted molar refractivity (Wildman–Crippen MR) is 108 cm³/mol. The summed E-state index contributed by atoms with van der Waals surface area (Å²) in [5.41, 5.74) is 2.07. The molecule has 4 nitrogen and oxygen atoms in total. The maximum Gasteiger partial charge on any atom is 0.264 e. The van der Waals surface area contributed by atoms with Gasteiger partial charge in [-0.2, -0.15) is 0 Å². The summed E-state index contributed by atoms with van der Waals surface area (Å²) in [5, 5.41) is 3.46. The first-order valence-corrected chi connectivity index (χ1v) is 9.43. The zero-order valence-electron chi connectivity index (χ0n) is 14.7. The monoisotopic (exact) mass is 386 g/mol. The van der Waals surface area contributed by atoms with Gasteiger partial charge in [-0.3, -0.25) is 9.59 Å². The van der Waals surface area contributed by atoms with Gasteiger partial charge in [0.2, 0.25) is 0 Å². The van der Waals surface area contributed by atoms with E-state index in [1.54, 1.807) is 36.2 Å². The fourth-order valence-corrected chi connectivity index (χ4v) is 3.89. The second-order valence-electron chi connectivity index (χ2n) is 6.31. The summed E-state index contributed by atoms with van der Waals surface area (Å²) in [5.74, 6) is -0.269. The van der Waals surface area contributed by atoms with Crippen molar-refractivity contribution >= 4 is 46.9 Å². The number of fused-ring (bicyclic) bond motifs is 1. The number of anilines is 1. The second-order valence-corrected chi connectivity index (χ2v) is 7.80. The Morgan fingerprint density at radius 1 is 1.23 bits per heavy atom. The van der Waals surface area contributed by atoms with Gasteiger partial charge >= 0.3 is 0 Å². The Labute approximate surface area is 162 Å². The van der Waals surface area contributed by atoms with E-state index in [2.05, 4.69) is 5.32 Å². The number of amides is 2. The molecule has 0 radical (unpaired) electrons. The zero-order valence-corrected chi connectivity index (χ0v) is 16.3. The van der Waals surface area contributed by atoms with Crippen LogP contribution in [0, 0.1) is 0 Å². The number of thioether (sulfide) groups is 1. The van der Waals surface area contributed by atoms with E-state index in [0.29, 0.717) is 15.5 Å². The first kappa shape index (κ1) is 18.5. The van der Waals surface area contributed by atoms with Gasteiger partial charge in [-0.05, 0) is 49.8 Å². The van der Waals surface area contributed by atoms with Crippen LogP contribution in [0.25, 0.3) is 6.08 Å².